The van der Waals surface area contributed by atoms with Crippen LogP contribution in [0.1, 0.15) is 44.1 Å². The van der Waals surface area contributed by atoms with Crippen LogP contribution in [0.4, 0.5) is 5.82 Å². The molecule has 3 N–H and O–H groups in total. The van der Waals surface area contributed by atoms with E-state index in [9.17, 15) is 4.79 Å². The lowest BCUT2D eigenvalue weighted by molar-refractivity contribution is -0.118. The molecule has 3 rings (SSSR count). The smallest absolute Gasteiger partial charge is 0.226 e. The Balaban J connectivity index is 1.51. The van der Waals surface area contributed by atoms with Crippen molar-refractivity contribution in [3.63, 3.8) is 0 Å². The zero-order valence-electron chi connectivity index (χ0n) is 14.7. The Morgan fingerprint density at radius 3 is 2.68 bits per heavy atom. The Bertz CT molecular complexity index is 676. The van der Waals surface area contributed by atoms with Crippen molar-refractivity contribution in [1.29, 1.82) is 0 Å². The van der Waals surface area contributed by atoms with E-state index in [1.807, 2.05) is 29.1 Å². The SMILES string of the molecule is NCC1(CC(=O)Nc2ccn(CCc3ccncc3)n2)CCCCC1. The fourth-order valence-electron chi connectivity index (χ4n) is 3.63. The molecule has 0 atom stereocenters. The maximum Gasteiger partial charge on any atom is 0.226 e. The maximum absolute atomic E-state index is 12.4. The van der Waals surface area contributed by atoms with E-state index in [4.69, 9.17) is 5.73 Å². The van der Waals surface area contributed by atoms with Crippen LogP contribution in [0.2, 0.25) is 0 Å². The molecule has 0 radical (unpaired) electrons. The summed E-state index contributed by atoms with van der Waals surface area (Å²) < 4.78 is 1.86. The van der Waals surface area contributed by atoms with Gasteiger partial charge in [-0.05, 0) is 48.9 Å². The van der Waals surface area contributed by atoms with Gasteiger partial charge < -0.3 is 11.1 Å². The van der Waals surface area contributed by atoms with Gasteiger partial charge in [0.2, 0.25) is 5.91 Å². The number of carbonyl (C=O) groups excluding carboxylic acids is 1. The van der Waals surface area contributed by atoms with E-state index in [1.54, 1.807) is 12.4 Å². The Morgan fingerprint density at radius 2 is 1.96 bits per heavy atom. The van der Waals surface area contributed by atoms with Crippen LogP contribution in [0.25, 0.3) is 0 Å². The normalized spacial score (nSPS) is 16.5. The van der Waals surface area contributed by atoms with Gasteiger partial charge in [-0.25, -0.2) is 0 Å². The standard InChI is InChI=1S/C19H27N5O/c20-15-19(8-2-1-3-9-19)14-18(25)22-17-7-13-24(23-17)12-6-16-4-10-21-11-5-16/h4-5,7,10-11,13H,1-3,6,8-9,12,14-15,20H2,(H,22,23,25). The number of aryl methyl sites for hydroxylation is 2. The highest BCUT2D eigenvalue weighted by Gasteiger charge is 2.33. The number of hydrogen-bond acceptors (Lipinski definition) is 4. The Morgan fingerprint density at radius 1 is 1.20 bits per heavy atom. The molecule has 0 saturated heterocycles. The molecule has 25 heavy (non-hydrogen) atoms. The number of rotatable bonds is 7. The number of nitrogens with zero attached hydrogens (tertiary/aromatic N) is 3. The average Bonchev–Trinajstić information content (AvgIpc) is 3.09. The van der Waals surface area contributed by atoms with E-state index >= 15 is 0 Å². The molecule has 2 aromatic rings. The van der Waals surface area contributed by atoms with Crippen LogP contribution >= 0.6 is 0 Å². The van der Waals surface area contributed by atoms with Crippen molar-refractivity contribution >= 4 is 11.7 Å². The lowest BCUT2D eigenvalue weighted by atomic mass is 9.71. The fourth-order valence-corrected chi connectivity index (χ4v) is 3.63. The van der Waals surface area contributed by atoms with Gasteiger partial charge >= 0.3 is 0 Å². The zero-order valence-corrected chi connectivity index (χ0v) is 14.7. The predicted octanol–water partition coefficient (Wildman–Crippen LogP) is 2.76. The van der Waals surface area contributed by atoms with Crippen LogP contribution in [0, 0.1) is 5.41 Å². The van der Waals surface area contributed by atoms with Gasteiger partial charge in [0.05, 0.1) is 0 Å². The van der Waals surface area contributed by atoms with Crippen molar-refractivity contribution in [3.05, 3.63) is 42.4 Å². The van der Waals surface area contributed by atoms with Crippen LogP contribution in [0.5, 0.6) is 0 Å². The maximum atomic E-state index is 12.4. The molecular formula is C19H27N5O. The molecule has 1 fully saturated rings. The molecule has 2 heterocycles. The Labute approximate surface area is 148 Å². The summed E-state index contributed by atoms with van der Waals surface area (Å²) in [5.41, 5.74) is 7.17. The molecule has 1 aliphatic rings. The number of pyridine rings is 1. The van der Waals surface area contributed by atoms with Crippen molar-refractivity contribution in [2.45, 2.75) is 51.5 Å². The molecule has 0 unspecified atom stereocenters. The lowest BCUT2D eigenvalue weighted by Gasteiger charge is -2.35. The van der Waals surface area contributed by atoms with Crippen molar-refractivity contribution in [2.75, 3.05) is 11.9 Å². The van der Waals surface area contributed by atoms with Crippen LogP contribution in [0.15, 0.2) is 36.8 Å². The minimum Gasteiger partial charge on any atom is -0.330 e. The molecular weight excluding hydrogens is 314 g/mol. The average molecular weight is 341 g/mol. The van der Waals surface area contributed by atoms with Crippen molar-refractivity contribution in [1.82, 2.24) is 14.8 Å². The second-order valence-corrected chi connectivity index (χ2v) is 7.06. The van der Waals surface area contributed by atoms with Crippen molar-refractivity contribution in [2.24, 2.45) is 11.1 Å². The van der Waals surface area contributed by atoms with Gasteiger partial charge in [-0.1, -0.05) is 19.3 Å². The number of amides is 1. The third kappa shape index (κ3) is 4.89. The molecule has 6 nitrogen and oxygen atoms in total. The van der Waals surface area contributed by atoms with Crippen LogP contribution in [-0.4, -0.2) is 27.2 Å². The second kappa shape index (κ2) is 8.25. The number of nitrogens with one attached hydrogen (secondary N) is 1. The molecule has 134 valence electrons. The zero-order chi connectivity index (χ0) is 17.5. The third-order valence-electron chi connectivity index (χ3n) is 5.17. The van der Waals surface area contributed by atoms with E-state index in [2.05, 4.69) is 15.4 Å². The monoisotopic (exact) mass is 341 g/mol. The molecule has 6 heteroatoms. The van der Waals surface area contributed by atoms with E-state index in [1.165, 1.54) is 24.8 Å². The second-order valence-electron chi connectivity index (χ2n) is 7.06. The Hall–Kier alpha value is -2.21. The van der Waals surface area contributed by atoms with E-state index in [-0.39, 0.29) is 11.3 Å². The van der Waals surface area contributed by atoms with Crippen LogP contribution < -0.4 is 11.1 Å². The highest BCUT2D eigenvalue weighted by Crippen LogP contribution is 2.38. The summed E-state index contributed by atoms with van der Waals surface area (Å²) in [6.07, 6.45) is 12.6. The molecule has 2 aromatic heterocycles. The van der Waals surface area contributed by atoms with Gasteiger partial charge in [0.15, 0.2) is 5.82 Å². The first kappa shape index (κ1) is 17.6. The topological polar surface area (TPSA) is 85.8 Å². The summed E-state index contributed by atoms with van der Waals surface area (Å²) in [4.78, 5) is 16.4. The van der Waals surface area contributed by atoms with Gasteiger partial charge in [-0.15, -0.1) is 0 Å². The summed E-state index contributed by atoms with van der Waals surface area (Å²) in [7, 11) is 0. The summed E-state index contributed by atoms with van der Waals surface area (Å²) >= 11 is 0. The van der Waals surface area contributed by atoms with Crippen LogP contribution in [0.3, 0.4) is 0 Å². The summed E-state index contributed by atoms with van der Waals surface area (Å²) in [5.74, 6) is 0.634. The van der Waals surface area contributed by atoms with Gasteiger partial charge in [0, 0.05) is 37.6 Å². The first-order chi connectivity index (χ1) is 12.2. The highest BCUT2D eigenvalue weighted by molar-refractivity contribution is 5.90. The summed E-state index contributed by atoms with van der Waals surface area (Å²) in [6.45, 7) is 1.35. The molecule has 0 bridgehead atoms. The number of hydrogen-bond donors (Lipinski definition) is 2. The predicted molar refractivity (Wildman–Crippen MR) is 98.0 cm³/mol. The molecule has 1 aliphatic carbocycles. The van der Waals surface area contributed by atoms with E-state index < -0.39 is 0 Å². The van der Waals surface area contributed by atoms with Gasteiger partial charge in [0.25, 0.3) is 0 Å². The molecule has 0 aromatic carbocycles. The number of nitrogens with two attached hydrogens (primary N) is 1. The first-order valence-corrected chi connectivity index (χ1v) is 9.11. The number of anilines is 1. The van der Waals surface area contributed by atoms with Gasteiger partial charge in [-0.3, -0.25) is 14.5 Å². The first-order valence-electron chi connectivity index (χ1n) is 9.11. The van der Waals surface area contributed by atoms with E-state index in [0.717, 1.165) is 25.8 Å². The molecule has 0 aliphatic heterocycles. The van der Waals surface area contributed by atoms with Crippen LogP contribution in [-0.2, 0) is 17.8 Å². The minimum atomic E-state index is -0.0216. The molecule has 0 spiro atoms. The summed E-state index contributed by atoms with van der Waals surface area (Å²) in [5, 5.41) is 7.38. The number of carbonyl (C=O) groups is 1. The third-order valence-corrected chi connectivity index (χ3v) is 5.17. The summed E-state index contributed by atoms with van der Waals surface area (Å²) in [6, 6.07) is 5.85. The lowest BCUT2D eigenvalue weighted by Crippen LogP contribution is -2.36. The Kier molecular flexibility index (Phi) is 5.81. The largest absolute Gasteiger partial charge is 0.330 e. The van der Waals surface area contributed by atoms with Gasteiger partial charge in [0.1, 0.15) is 0 Å². The minimum absolute atomic E-state index is 0.0201. The number of aromatic nitrogens is 3. The van der Waals surface area contributed by atoms with Crippen molar-refractivity contribution < 1.29 is 4.79 Å². The molecule has 1 amide bonds. The highest BCUT2D eigenvalue weighted by atomic mass is 16.1. The quantitative estimate of drug-likeness (QED) is 0.811. The fraction of sp³-hybridized carbons (Fsp3) is 0.526. The van der Waals surface area contributed by atoms with Gasteiger partial charge in [-0.2, -0.15) is 5.10 Å². The van der Waals surface area contributed by atoms with E-state index in [0.29, 0.717) is 18.8 Å². The van der Waals surface area contributed by atoms with Crippen molar-refractivity contribution in [3.8, 4) is 0 Å². The molecule has 1 saturated carbocycles.